The van der Waals surface area contributed by atoms with Gasteiger partial charge in [-0.3, -0.25) is 0 Å². The first-order valence-electron chi connectivity index (χ1n) is 8.48. The van der Waals surface area contributed by atoms with Gasteiger partial charge in [-0.25, -0.2) is 0 Å². The molecule has 6 heteroatoms. The lowest BCUT2D eigenvalue weighted by Crippen LogP contribution is -2.31. The number of benzene rings is 1. The molecule has 0 saturated heterocycles. The van der Waals surface area contributed by atoms with Crippen molar-refractivity contribution in [3.63, 3.8) is 0 Å². The van der Waals surface area contributed by atoms with Crippen molar-refractivity contribution in [1.29, 1.82) is 0 Å². The molecular weight excluding hydrogens is 338 g/mol. The third-order valence-corrected chi connectivity index (χ3v) is 4.32. The molecule has 0 radical (unpaired) electrons. The molecule has 0 fully saturated rings. The molecular formula is C19H24ClN3O2. The highest BCUT2D eigenvalue weighted by Crippen LogP contribution is 2.27. The topological polar surface area (TPSA) is 58.1 Å². The van der Waals surface area contributed by atoms with Gasteiger partial charge in [0.1, 0.15) is 12.4 Å². The van der Waals surface area contributed by atoms with Gasteiger partial charge in [0.2, 0.25) is 0 Å². The molecule has 0 amide bonds. The highest BCUT2D eigenvalue weighted by molar-refractivity contribution is 6.35. The van der Waals surface area contributed by atoms with Crippen LogP contribution < -0.4 is 0 Å². The third kappa shape index (κ3) is 5.20. The van der Waals surface area contributed by atoms with Crippen LogP contribution in [-0.2, 0) is 16.0 Å². The second-order valence-electron chi connectivity index (χ2n) is 5.52. The van der Waals surface area contributed by atoms with E-state index in [0.717, 1.165) is 18.8 Å². The van der Waals surface area contributed by atoms with Crippen LogP contribution in [0.1, 0.15) is 19.4 Å². The van der Waals surface area contributed by atoms with Crippen LogP contribution in [0.2, 0.25) is 0 Å². The van der Waals surface area contributed by atoms with E-state index in [9.17, 15) is 0 Å². The Morgan fingerprint density at radius 1 is 1.16 bits per heavy atom. The number of hydrogen-bond donors (Lipinski definition) is 0. The van der Waals surface area contributed by atoms with E-state index >= 15 is 0 Å². The van der Waals surface area contributed by atoms with E-state index in [2.05, 4.69) is 28.7 Å². The van der Waals surface area contributed by atoms with Crippen molar-refractivity contribution in [2.24, 2.45) is 0 Å². The number of halogens is 1. The second-order valence-corrected chi connectivity index (χ2v) is 5.95. The summed E-state index contributed by atoms with van der Waals surface area (Å²) in [7, 11) is 0. The Balaban J connectivity index is 2.25. The van der Waals surface area contributed by atoms with Crippen LogP contribution >= 0.6 is 11.6 Å². The molecule has 1 unspecified atom stereocenters. The van der Waals surface area contributed by atoms with Crippen LogP contribution in [0.15, 0.2) is 53.9 Å². The Morgan fingerprint density at radius 2 is 1.92 bits per heavy atom. The molecule has 0 aromatic heterocycles. The summed E-state index contributed by atoms with van der Waals surface area (Å²) < 4.78 is 11.2. The van der Waals surface area contributed by atoms with Gasteiger partial charge in [0.05, 0.1) is 12.3 Å². The molecule has 1 atom stereocenters. The molecule has 1 aliphatic rings. The zero-order valence-corrected chi connectivity index (χ0v) is 15.4. The summed E-state index contributed by atoms with van der Waals surface area (Å²) >= 11 is 6.47. The first kappa shape index (κ1) is 19.3. The summed E-state index contributed by atoms with van der Waals surface area (Å²) in [5.41, 5.74) is 11.6. The minimum Gasteiger partial charge on any atom is -0.491 e. The zero-order valence-electron chi connectivity index (χ0n) is 14.7. The van der Waals surface area contributed by atoms with Crippen molar-refractivity contribution in [3.05, 3.63) is 65.0 Å². The standard InChI is InChI=1S/C19H24ClN3O2/c1-3-23(14-15-8-6-5-7-9-15)17-11-10-16(22-21)18(20)19(17)25-13-12-24-4-2/h5-11,18H,3-4,12-14H2,1-2H3. The lowest BCUT2D eigenvalue weighted by atomic mass is 10.1. The Kier molecular flexibility index (Phi) is 7.74. The highest BCUT2D eigenvalue weighted by Gasteiger charge is 2.32. The largest absolute Gasteiger partial charge is 0.491 e. The van der Waals surface area contributed by atoms with Gasteiger partial charge in [0.25, 0.3) is 0 Å². The number of hydrogen-bond acceptors (Lipinski definition) is 3. The maximum atomic E-state index is 9.14. The Bertz CT molecular complexity index is 667. The van der Waals surface area contributed by atoms with Crippen LogP contribution in [0.25, 0.3) is 5.53 Å². The average molecular weight is 362 g/mol. The van der Waals surface area contributed by atoms with Crippen LogP contribution in [-0.4, -0.2) is 47.1 Å². The summed E-state index contributed by atoms with van der Waals surface area (Å²) in [4.78, 5) is 5.45. The summed E-state index contributed by atoms with van der Waals surface area (Å²) in [5, 5.41) is -0.628. The second kappa shape index (κ2) is 10.0. The Hall–Kier alpha value is -2.07. The minimum atomic E-state index is -0.628. The summed E-state index contributed by atoms with van der Waals surface area (Å²) in [6, 6.07) is 10.2. The Morgan fingerprint density at radius 3 is 2.56 bits per heavy atom. The number of likely N-dealkylation sites (N-methyl/N-ethyl adjacent to an activating group) is 1. The highest BCUT2D eigenvalue weighted by atomic mass is 35.5. The van der Waals surface area contributed by atoms with Gasteiger partial charge in [0, 0.05) is 25.8 Å². The molecule has 1 aliphatic carbocycles. The number of nitrogens with zero attached hydrogens (tertiary/aromatic N) is 3. The van der Waals surface area contributed by atoms with E-state index < -0.39 is 5.38 Å². The maximum absolute atomic E-state index is 9.14. The normalized spacial score (nSPS) is 16.8. The van der Waals surface area contributed by atoms with E-state index in [1.807, 2.05) is 31.2 Å². The van der Waals surface area contributed by atoms with Gasteiger partial charge in [-0.05, 0) is 25.5 Å². The number of allylic oxidation sites excluding steroid dienone is 3. The lowest BCUT2D eigenvalue weighted by Gasteiger charge is -2.29. The van der Waals surface area contributed by atoms with Crippen molar-refractivity contribution in [2.75, 3.05) is 26.4 Å². The maximum Gasteiger partial charge on any atom is 0.317 e. The predicted octanol–water partition coefficient (Wildman–Crippen LogP) is 3.62. The SMILES string of the molecule is CCOCCOC1=C(N(CC)Cc2ccccc2)C=CC(=[N+]=[N-])C1Cl. The van der Waals surface area contributed by atoms with Crippen molar-refractivity contribution in [2.45, 2.75) is 25.8 Å². The molecule has 2 rings (SSSR count). The van der Waals surface area contributed by atoms with Crippen LogP contribution in [0.4, 0.5) is 0 Å². The van der Waals surface area contributed by atoms with Crippen LogP contribution in [0, 0.1) is 0 Å². The van der Waals surface area contributed by atoms with Gasteiger partial charge in [0.15, 0.2) is 5.38 Å². The van der Waals surface area contributed by atoms with Crippen molar-refractivity contribution in [1.82, 2.24) is 4.90 Å². The molecule has 0 heterocycles. The zero-order chi connectivity index (χ0) is 18.1. The van der Waals surface area contributed by atoms with Crippen molar-refractivity contribution >= 4 is 17.3 Å². The lowest BCUT2D eigenvalue weighted by molar-refractivity contribution is -0.00727. The van der Waals surface area contributed by atoms with E-state index in [4.69, 9.17) is 26.6 Å². The fourth-order valence-electron chi connectivity index (χ4n) is 2.61. The fraction of sp³-hybridized carbons (Fsp3) is 0.421. The average Bonchev–Trinajstić information content (AvgIpc) is 2.65. The van der Waals surface area contributed by atoms with Crippen LogP contribution in [0.5, 0.6) is 0 Å². The van der Waals surface area contributed by atoms with Crippen molar-refractivity contribution in [3.8, 4) is 0 Å². The van der Waals surface area contributed by atoms with Gasteiger partial charge >= 0.3 is 5.71 Å². The summed E-state index contributed by atoms with van der Waals surface area (Å²) in [6.07, 6.45) is 3.60. The smallest absolute Gasteiger partial charge is 0.317 e. The molecule has 5 nitrogen and oxygen atoms in total. The van der Waals surface area contributed by atoms with E-state index in [-0.39, 0.29) is 0 Å². The number of alkyl halides is 1. The third-order valence-electron chi connectivity index (χ3n) is 3.90. The first-order valence-corrected chi connectivity index (χ1v) is 8.92. The van der Waals surface area contributed by atoms with Gasteiger partial charge in [-0.2, -0.15) is 4.79 Å². The molecule has 0 bridgehead atoms. The first-order chi connectivity index (χ1) is 12.2. The van der Waals surface area contributed by atoms with E-state index in [1.54, 1.807) is 6.08 Å². The van der Waals surface area contributed by atoms with Gasteiger partial charge < -0.3 is 19.9 Å². The molecule has 0 saturated carbocycles. The molecule has 1 aromatic carbocycles. The molecule has 25 heavy (non-hydrogen) atoms. The summed E-state index contributed by atoms with van der Waals surface area (Å²) in [5.74, 6) is 0.592. The molecule has 0 aliphatic heterocycles. The Labute approximate surface area is 154 Å². The minimum absolute atomic E-state index is 0.368. The van der Waals surface area contributed by atoms with Crippen LogP contribution in [0.3, 0.4) is 0 Å². The number of rotatable bonds is 9. The van der Waals surface area contributed by atoms with E-state index in [0.29, 0.717) is 31.3 Å². The fourth-order valence-corrected chi connectivity index (χ4v) is 2.90. The molecule has 134 valence electrons. The van der Waals surface area contributed by atoms with E-state index in [1.165, 1.54) is 5.56 Å². The van der Waals surface area contributed by atoms with Crippen molar-refractivity contribution < 1.29 is 14.3 Å². The number of ether oxygens (including phenoxy) is 2. The molecule has 0 N–H and O–H groups in total. The van der Waals surface area contributed by atoms with Gasteiger partial charge in [-0.1, -0.05) is 30.3 Å². The quantitative estimate of drug-likeness (QED) is 0.292. The molecule has 0 spiro atoms. The monoisotopic (exact) mass is 361 g/mol. The summed E-state index contributed by atoms with van der Waals surface area (Å²) in [6.45, 7) is 7.07. The molecule has 1 aromatic rings. The predicted molar refractivity (Wildman–Crippen MR) is 99.4 cm³/mol. The van der Waals surface area contributed by atoms with Gasteiger partial charge in [-0.15, -0.1) is 11.6 Å².